The van der Waals surface area contributed by atoms with Gasteiger partial charge in [0.15, 0.2) is 0 Å². The van der Waals surface area contributed by atoms with E-state index in [0.717, 1.165) is 71.4 Å². The van der Waals surface area contributed by atoms with Crippen molar-refractivity contribution in [1.82, 2.24) is 9.13 Å². The molecule has 2 aromatic heterocycles. The highest BCUT2D eigenvalue weighted by Gasteiger charge is 2.21. The summed E-state index contributed by atoms with van der Waals surface area (Å²) in [7, 11) is 0. The first kappa shape index (κ1) is 40.8. The molecule has 10 rings (SSSR count). The Morgan fingerprint density at radius 1 is 0.477 bits per heavy atom. The van der Waals surface area contributed by atoms with Crippen molar-refractivity contribution in [3.05, 3.63) is 217 Å². The number of rotatable bonds is 12. The Morgan fingerprint density at radius 3 is 1.32 bits per heavy atom. The maximum atomic E-state index is 12.2. The Kier molecular flexibility index (Phi) is 11.0. The topological polar surface area (TPSA) is 68.8 Å². The Morgan fingerprint density at radius 2 is 0.877 bits per heavy atom. The molecule has 0 saturated heterocycles. The molecule has 0 aliphatic carbocycles. The van der Waals surface area contributed by atoms with Crippen molar-refractivity contribution in [2.24, 2.45) is 0 Å². The SMILES string of the molecule is C\C=C/C=C\C(=C/COc1ccccc1-c1cc(C)cc(-n2c3ccccc3c3ccccc32)c1O)COc1ccccc1-c1cc(C)cc(-n2c3ccccc3c3ccccc32)c1O. The first-order valence-electron chi connectivity index (χ1n) is 22.0. The van der Waals surface area contributed by atoms with E-state index < -0.39 is 0 Å². The summed E-state index contributed by atoms with van der Waals surface area (Å²) < 4.78 is 17.5. The number of ether oxygens (including phenoxy) is 2. The summed E-state index contributed by atoms with van der Waals surface area (Å²) in [4.78, 5) is 0. The number of aromatic hydroxyl groups is 2. The van der Waals surface area contributed by atoms with E-state index in [-0.39, 0.29) is 24.7 Å². The second-order valence-corrected chi connectivity index (χ2v) is 16.4. The zero-order chi connectivity index (χ0) is 44.4. The number of phenolic OH excluding ortho intramolecular Hbond substituents is 2. The van der Waals surface area contributed by atoms with Crippen LogP contribution in [-0.4, -0.2) is 32.6 Å². The zero-order valence-corrected chi connectivity index (χ0v) is 36.6. The van der Waals surface area contributed by atoms with Gasteiger partial charge in [0.05, 0.1) is 33.4 Å². The number of phenols is 2. The molecule has 6 nitrogen and oxygen atoms in total. The van der Waals surface area contributed by atoms with Crippen LogP contribution in [0, 0.1) is 13.8 Å². The monoisotopic (exact) mass is 848 g/mol. The van der Waals surface area contributed by atoms with Crippen molar-refractivity contribution >= 4 is 43.6 Å². The maximum absolute atomic E-state index is 12.2. The number of aromatic nitrogens is 2. The molecule has 65 heavy (non-hydrogen) atoms. The van der Waals surface area contributed by atoms with Gasteiger partial charge in [0.2, 0.25) is 0 Å². The molecule has 2 heterocycles. The molecule has 0 radical (unpaired) electrons. The van der Waals surface area contributed by atoms with Crippen LogP contribution in [0.5, 0.6) is 23.0 Å². The van der Waals surface area contributed by atoms with Gasteiger partial charge in [-0.25, -0.2) is 0 Å². The Hall–Kier alpha value is -8.22. The number of aryl methyl sites for hydroxylation is 2. The first-order chi connectivity index (χ1) is 31.9. The van der Waals surface area contributed by atoms with Gasteiger partial charge in [-0.2, -0.15) is 0 Å². The lowest BCUT2D eigenvalue weighted by Gasteiger charge is -2.18. The number of benzene rings is 8. The molecule has 0 unspecified atom stereocenters. The molecule has 6 heteroatoms. The van der Waals surface area contributed by atoms with E-state index in [1.54, 1.807) is 0 Å². The van der Waals surface area contributed by atoms with Gasteiger partial charge >= 0.3 is 0 Å². The fraction of sp³-hybridized carbons (Fsp3) is 0.0847. The van der Waals surface area contributed by atoms with Crippen molar-refractivity contribution in [2.45, 2.75) is 20.8 Å². The summed E-state index contributed by atoms with van der Waals surface area (Å²) in [5.74, 6) is 1.65. The highest BCUT2D eigenvalue weighted by atomic mass is 16.5. The minimum atomic E-state index is 0.177. The maximum Gasteiger partial charge on any atom is 0.147 e. The largest absolute Gasteiger partial charge is 0.505 e. The highest BCUT2D eigenvalue weighted by Crippen LogP contribution is 2.45. The van der Waals surface area contributed by atoms with Gasteiger partial charge in [0, 0.05) is 43.8 Å². The number of hydrogen-bond donors (Lipinski definition) is 2. The fourth-order valence-electron chi connectivity index (χ4n) is 9.13. The standard InChI is InChI=1S/C59H48N2O4/c1-4-5-6-19-41(38-65-57-31-18-12-25-47(57)49-35-40(3)37-55(59(49)63)61-52-28-15-9-22-44(52)45-23-10-16-29-53(45)61)32-33-64-56-30-17-11-24-46(56)48-34-39(2)36-54(58(48)62)60-50-26-13-7-20-42(50)43-21-8-14-27-51(43)60/h4-32,34-37,62-63H,33,38H2,1-3H3/b5-4-,19-6-,41-32+. The lowest BCUT2D eigenvalue weighted by Crippen LogP contribution is -2.04. The number of fused-ring (bicyclic) bond motifs is 6. The van der Waals surface area contributed by atoms with Crippen LogP contribution in [0.25, 0.3) is 77.2 Å². The normalized spacial score (nSPS) is 12.1. The van der Waals surface area contributed by atoms with Gasteiger partial charge in [-0.1, -0.05) is 133 Å². The van der Waals surface area contributed by atoms with Gasteiger partial charge in [-0.3, -0.25) is 0 Å². The average molecular weight is 849 g/mol. The van der Waals surface area contributed by atoms with Crippen molar-refractivity contribution in [1.29, 1.82) is 0 Å². The fourth-order valence-corrected chi connectivity index (χ4v) is 9.13. The number of para-hydroxylation sites is 6. The van der Waals surface area contributed by atoms with Gasteiger partial charge in [0.25, 0.3) is 0 Å². The van der Waals surface area contributed by atoms with Crippen LogP contribution >= 0.6 is 0 Å². The predicted octanol–water partition coefficient (Wildman–Crippen LogP) is 14.8. The molecule has 0 aliphatic rings. The van der Waals surface area contributed by atoms with Crippen molar-refractivity contribution in [3.8, 4) is 56.6 Å². The number of allylic oxidation sites excluding steroid dienone is 3. The van der Waals surface area contributed by atoms with Gasteiger partial charge < -0.3 is 28.8 Å². The van der Waals surface area contributed by atoms with Crippen LogP contribution in [0.4, 0.5) is 0 Å². The van der Waals surface area contributed by atoms with Gasteiger partial charge in [0.1, 0.15) is 36.2 Å². The molecule has 0 aliphatic heterocycles. The van der Waals surface area contributed by atoms with Crippen LogP contribution in [0.15, 0.2) is 206 Å². The first-order valence-corrected chi connectivity index (χ1v) is 22.0. The molecule has 0 atom stereocenters. The second-order valence-electron chi connectivity index (χ2n) is 16.4. The molecule has 318 valence electrons. The summed E-state index contributed by atoms with van der Waals surface area (Å²) in [5, 5.41) is 28.8. The van der Waals surface area contributed by atoms with Crippen molar-refractivity contribution in [2.75, 3.05) is 13.2 Å². The molecule has 0 saturated carbocycles. The van der Waals surface area contributed by atoms with Crippen LogP contribution in [0.2, 0.25) is 0 Å². The Labute approximate surface area is 378 Å². The minimum Gasteiger partial charge on any atom is -0.505 e. The molecule has 10 aromatic rings. The van der Waals surface area contributed by atoms with Crippen LogP contribution in [-0.2, 0) is 0 Å². The molecular formula is C59H48N2O4. The summed E-state index contributed by atoms with van der Waals surface area (Å²) in [6, 6.07) is 57.1. The smallest absolute Gasteiger partial charge is 0.147 e. The third-order valence-corrected chi connectivity index (χ3v) is 12.1. The van der Waals surface area contributed by atoms with Crippen LogP contribution in [0.1, 0.15) is 18.1 Å². The lowest BCUT2D eigenvalue weighted by molar-refractivity contribution is 0.345. The number of nitrogens with zero attached hydrogens (tertiary/aromatic N) is 2. The molecule has 0 spiro atoms. The van der Waals surface area contributed by atoms with Gasteiger partial charge in [-0.15, -0.1) is 0 Å². The Bertz CT molecular complexity index is 3400. The van der Waals surface area contributed by atoms with E-state index in [2.05, 4.69) is 95.8 Å². The summed E-state index contributed by atoms with van der Waals surface area (Å²) in [6.45, 7) is 6.60. The second kappa shape index (κ2) is 17.5. The van der Waals surface area contributed by atoms with Crippen LogP contribution in [0.3, 0.4) is 0 Å². The summed E-state index contributed by atoms with van der Waals surface area (Å²) >= 11 is 0. The predicted molar refractivity (Wildman–Crippen MR) is 268 cm³/mol. The Balaban J connectivity index is 0.950. The highest BCUT2D eigenvalue weighted by molar-refractivity contribution is 6.10. The third kappa shape index (κ3) is 7.59. The third-order valence-electron chi connectivity index (χ3n) is 12.1. The number of hydrogen-bond acceptors (Lipinski definition) is 4. The summed E-state index contributed by atoms with van der Waals surface area (Å²) in [5.41, 5.74) is 11.4. The van der Waals surface area contributed by atoms with E-state index in [1.165, 1.54) is 0 Å². The zero-order valence-electron chi connectivity index (χ0n) is 36.6. The minimum absolute atomic E-state index is 0.177. The van der Waals surface area contributed by atoms with Crippen molar-refractivity contribution < 1.29 is 19.7 Å². The molecule has 0 amide bonds. The van der Waals surface area contributed by atoms with E-state index in [9.17, 15) is 10.2 Å². The van der Waals surface area contributed by atoms with E-state index in [0.29, 0.717) is 34.0 Å². The summed E-state index contributed by atoms with van der Waals surface area (Å²) in [6.07, 6.45) is 9.99. The molecular weight excluding hydrogens is 801 g/mol. The van der Waals surface area contributed by atoms with Gasteiger partial charge in [-0.05, 0) is 104 Å². The quantitative estimate of drug-likeness (QED) is 0.120. The molecule has 0 fully saturated rings. The lowest BCUT2D eigenvalue weighted by atomic mass is 9.99. The molecule has 8 aromatic carbocycles. The average Bonchev–Trinajstić information content (AvgIpc) is 3.85. The molecule has 0 bridgehead atoms. The van der Waals surface area contributed by atoms with E-state index >= 15 is 0 Å². The van der Waals surface area contributed by atoms with E-state index in [4.69, 9.17) is 9.47 Å². The van der Waals surface area contributed by atoms with Crippen LogP contribution < -0.4 is 9.47 Å². The van der Waals surface area contributed by atoms with Crippen molar-refractivity contribution in [3.63, 3.8) is 0 Å². The molecule has 2 N–H and O–H groups in total. The van der Waals surface area contributed by atoms with E-state index in [1.807, 2.05) is 134 Å².